The van der Waals surface area contributed by atoms with Crippen LogP contribution in [0.1, 0.15) is 51.9 Å². The summed E-state index contributed by atoms with van der Waals surface area (Å²) < 4.78 is 32.8. The second kappa shape index (κ2) is 4.03. The molecule has 19 heavy (non-hydrogen) atoms. The molecule has 0 bridgehead atoms. The van der Waals surface area contributed by atoms with E-state index in [1.54, 1.807) is 7.11 Å². The summed E-state index contributed by atoms with van der Waals surface area (Å²) >= 11 is 0. The minimum atomic E-state index is -2.44. The number of ether oxygens (including phenoxy) is 1. The van der Waals surface area contributed by atoms with Gasteiger partial charge in [0.15, 0.2) is 0 Å². The van der Waals surface area contributed by atoms with Crippen molar-refractivity contribution >= 4 is 0 Å². The van der Waals surface area contributed by atoms with Crippen molar-refractivity contribution in [2.45, 2.75) is 57.8 Å². The fourth-order valence-corrected chi connectivity index (χ4v) is 4.27. The molecule has 3 rings (SSSR count). The van der Waals surface area contributed by atoms with Gasteiger partial charge in [-0.25, -0.2) is 8.78 Å². The quantitative estimate of drug-likeness (QED) is 0.665. The van der Waals surface area contributed by atoms with E-state index < -0.39 is 11.3 Å². The van der Waals surface area contributed by atoms with E-state index in [0.29, 0.717) is 24.9 Å². The predicted molar refractivity (Wildman–Crippen MR) is 71.3 cm³/mol. The smallest absolute Gasteiger partial charge is 0.254 e. The van der Waals surface area contributed by atoms with Gasteiger partial charge in [0.2, 0.25) is 0 Å². The van der Waals surface area contributed by atoms with Crippen molar-refractivity contribution in [3.05, 3.63) is 12.2 Å². The Kier molecular flexibility index (Phi) is 2.87. The minimum Gasteiger partial charge on any atom is -0.384 e. The van der Waals surface area contributed by atoms with E-state index in [4.69, 9.17) is 4.74 Å². The molecule has 3 aliphatic carbocycles. The number of halogens is 2. The van der Waals surface area contributed by atoms with E-state index in [1.807, 2.05) is 6.08 Å². The SMILES string of the molecule is CCC1(CC2(COC)C=CCC3(C2)CC3(F)F)CC1. The Morgan fingerprint density at radius 3 is 2.37 bits per heavy atom. The maximum Gasteiger partial charge on any atom is 0.254 e. The molecule has 0 aromatic heterocycles. The average molecular weight is 270 g/mol. The molecular formula is C16H24F2O. The first kappa shape index (κ1) is 13.5. The van der Waals surface area contributed by atoms with E-state index in [9.17, 15) is 8.78 Å². The van der Waals surface area contributed by atoms with E-state index in [-0.39, 0.29) is 11.8 Å². The Bertz CT molecular complexity index is 400. The monoisotopic (exact) mass is 270 g/mol. The molecule has 0 amide bonds. The molecule has 2 fully saturated rings. The van der Waals surface area contributed by atoms with Gasteiger partial charge in [0.1, 0.15) is 0 Å². The molecule has 0 aliphatic heterocycles. The van der Waals surface area contributed by atoms with Crippen molar-refractivity contribution < 1.29 is 13.5 Å². The molecular weight excluding hydrogens is 246 g/mol. The van der Waals surface area contributed by atoms with Crippen LogP contribution in [0.15, 0.2) is 12.2 Å². The average Bonchev–Trinajstić information content (AvgIpc) is 3.19. The molecule has 2 unspecified atom stereocenters. The van der Waals surface area contributed by atoms with Gasteiger partial charge in [0, 0.05) is 24.4 Å². The molecule has 3 aliphatic rings. The summed E-state index contributed by atoms with van der Waals surface area (Å²) in [7, 11) is 1.69. The molecule has 108 valence electrons. The molecule has 1 spiro atoms. The van der Waals surface area contributed by atoms with Crippen LogP contribution in [-0.4, -0.2) is 19.6 Å². The van der Waals surface area contributed by atoms with Gasteiger partial charge in [0.25, 0.3) is 5.92 Å². The van der Waals surface area contributed by atoms with Crippen molar-refractivity contribution in [2.24, 2.45) is 16.2 Å². The van der Waals surface area contributed by atoms with Crippen LogP contribution in [0.4, 0.5) is 8.78 Å². The van der Waals surface area contributed by atoms with Gasteiger partial charge in [-0.05, 0) is 37.5 Å². The Hall–Kier alpha value is -0.440. The van der Waals surface area contributed by atoms with Crippen LogP contribution in [0.5, 0.6) is 0 Å². The zero-order chi connectivity index (χ0) is 13.8. The van der Waals surface area contributed by atoms with Crippen LogP contribution in [-0.2, 0) is 4.74 Å². The highest BCUT2D eigenvalue weighted by Gasteiger charge is 2.72. The van der Waals surface area contributed by atoms with Gasteiger partial charge < -0.3 is 4.74 Å². The highest BCUT2D eigenvalue weighted by Crippen LogP contribution is 2.71. The molecule has 0 aromatic rings. The molecule has 0 radical (unpaired) electrons. The maximum absolute atomic E-state index is 13.7. The molecule has 3 heteroatoms. The number of hydrogen-bond acceptors (Lipinski definition) is 1. The van der Waals surface area contributed by atoms with E-state index >= 15 is 0 Å². The van der Waals surface area contributed by atoms with Crippen LogP contribution in [0.2, 0.25) is 0 Å². The molecule has 1 nitrogen and oxygen atoms in total. The maximum atomic E-state index is 13.7. The van der Waals surface area contributed by atoms with Crippen LogP contribution in [0.3, 0.4) is 0 Å². The standard InChI is InChI=1S/C16H24F2O/c1-3-13(7-8-13)9-14(12-19-2)5-4-6-15(10-14)11-16(15,17)18/h4-5H,3,6-12H2,1-2H3. The summed E-state index contributed by atoms with van der Waals surface area (Å²) in [4.78, 5) is 0. The molecule has 0 aromatic carbocycles. The minimum absolute atomic E-state index is 0.0783. The van der Waals surface area contributed by atoms with Crippen LogP contribution in [0.25, 0.3) is 0 Å². The van der Waals surface area contributed by atoms with Crippen molar-refractivity contribution in [3.63, 3.8) is 0 Å². The Morgan fingerprint density at radius 1 is 1.21 bits per heavy atom. The van der Waals surface area contributed by atoms with Crippen molar-refractivity contribution in [1.29, 1.82) is 0 Å². The number of methoxy groups -OCH3 is 1. The lowest BCUT2D eigenvalue weighted by Gasteiger charge is -2.39. The summed E-state index contributed by atoms with van der Waals surface area (Å²) in [6, 6.07) is 0. The van der Waals surface area contributed by atoms with Gasteiger partial charge in [-0.3, -0.25) is 0 Å². The van der Waals surface area contributed by atoms with Crippen LogP contribution >= 0.6 is 0 Å². The van der Waals surface area contributed by atoms with Crippen LogP contribution < -0.4 is 0 Å². The lowest BCUT2D eigenvalue weighted by Crippen LogP contribution is -2.35. The molecule has 0 heterocycles. The fourth-order valence-electron chi connectivity index (χ4n) is 4.27. The van der Waals surface area contributed by atoms with Crippen molar-refractivity contribution in [2.75, 3.05) is 13.7 Å². The highest BCUT2D eigenvalue weighted by atomic mass is 19.3. The van der Waals surface area contributed by atoms with Crippen molar-refractivity contribution in [3.8, 4) is 0 Å². The lowest BCUT2D eigenvalue weighted by atomic mass is 9.67. The highest BCUT2D eigenvalue weighted by molar-refractivity contribution is 5.23. The zero-order valence-corrected chi connectivity index (χ0v) is 12.0. The summed E-state index contributed by atoms with van der Waals surface area (Å²) in [5.74, 6) is -2.44. The topological polar surface area (TPSA) is 9.23 Å². The Morgan fingerprint density at radius 2 is 1.89 bits per heavy atom. The second-order valence-electron chi connectivity index (χ2n) is 7.27. The molecule has 0 N–H and O–H groups in total. The van der Waals surface area contributed by atoms with Gasteiger partial charge >= 0.3 is 0 Å². The predicted octanol–water partition coefficient (Wildman–Crippen LogP) is 4.57. The third-order valence-corrected chi connectivity index (χ3v) is 5.75. The second-order valence-corrected chi connectivity index (χ2v) is 7.27. The third-order valence-electron chi connectivity index (χ3n) is 5.75. The van der Waals surface area contributed by atoms with Gasteiger partial charge in [0.05, 0.1) is 6.61 Å². The normalized spacial score (nSPS) is 41.5. The summed E-state index contributed by atoms with van der Waals surface area (Å²) in [6.45, 7) is 2.81. The number of allylic oxidation sites excluding steroid dienone is 1. The van der Waals surface area contributed by atoms with Gasteiger partial charge in [-0.15, -0.1) is 0 Å². The summed E-state index contributed by atoms with van der Waals surface area (Å²) in [6.07, 6.45) is 10.1. The first-order valence-corrected chi connectivity index (χ1v) is 7.45. The van der Waals surface area contributed by atoms with Crippen LogP contribution in [0, 0.1) is 16.2 Å². The number of hydrogen-bond donors (Lipinski definition) is 0. The van der Waals surface area contributed by atoms with E-state index in [1.165, 1.54) is 12.8 Å². The van der Waals surface area contributed by atoms with E-state index in [0.717, 1.165) is 12.8 Å². The Balaban J connectivity index is 1.81. The largest absolute Gasteiger partial charge is 0.384 e. The van der Waals surface area contributed by atoms with Gasteiger partial charge in [-0.2, -0.15) is 0 Å². The molecule has 2 saturated carbocycles. The van der Waals surface area contributed by atoms with Crippen molar-refractivity contribution in [1.82, 2.24) is 0 Å². The molecule has 0 saturated heterocycles. The lowest BCUT2D eigenvalue weighted by molar-refractivity contribution is 0.0106. The molecule has 2 atom stereocenters. The fraction of sp³-hybridized carbons (Fsp3) is 0.875. The summed E-state index contributed by atoms with van der Waals surface area (Å²) in [5.41, 5.74) is -0.491. The summed E-state index contributed by atoms with van der Waals surface area (Å²) in [5, 5.41) is 0. The first-order valence-electron chi connectivity index (χ1n) is 7.45. The number of alkyl halides is 2. The first-order chi connectivity index (χ1) is 8.91. The van der Waals surface area contributed by atoms with E-state index in [2.05, 4.69) is 13.0 Å². The van der Waals surface area contributed by atoms with Gasteiger partial charge in [-0.1, -0.05) is 25.5 Å². The third kappa shape index (κ3) is 2.14. The Labute approximate surface area is 114 Å². The number of rotatable bonds is 5. The zero-order valence-electron chi connectivity index (χ0n) is 12.0.